The molecule has 79 heavy (non-hydrogen) atoms. The number of esters is 2. The van der Waals surface area contributed by atoms with E-state index < -0.39 is 11.9 Å². The largest absolute Gasteiger partial charge is 0.494 e. The van der Waals surface area contributed by atoms with Crippen LogP contribution in [0.4, 0.5) is 0 Å². The van der Waals surface area contributed by atoms with E-state index in [1.54, 1.807) is 12.2 Å². The highest BCUT2D eigenvalue weighted by molar-refractivity contribution is 6.13. The lowest BCUT2D eigenvalue weighted by Gasteiger charge is -2.07. The van der Waals surface area contributed by atoms with E-state index in [1.807, 2.05) is 48.5 Å². The smallest absolute Gasteiger partial charge is 0.336 e. The quantitative estimate of drug-likeness (QED) is 0.0108. The Morgan fingerprint density at radius 1 is 0.304 bits per heavy atom. The number of benzene rings is 4. The number of ether oxygens (including phenoxy) is 4. The topological polar surface area (TPSA) is 105 Å². The maximum absolute atomic E-state index is 13.0. The zero-order valence-electron chi connectivity index (χ0n) is 49.0. The van der Waals surface area contributed by atoms with Crippen molar-refractivity contribution in [3.63, 3.8) is 0 Å². The van der Waals surface area contributed by atoms with Gasteiger partial charge in [-0.3, -0.25) is 9.59 Å². The Balaban J connectivity index is 0.996. The van der Waals surface area contributed by atoms with Gasteiger partial charge in [-0.1, -0.05) is 244 Å². The lowest BCUT2D eigenvalue weighted by molar-refractivity contribution is -0.129. The molecule has 4 aromatic carbocycles. The van der Waals surface area contributed by atoms with Crippen LogP contribution in [0.1, 0.15) is 270 Å². The predicted octanol–water partition coefficient (Wildman–Crippen LogP) is 20.4. The fraction of sp³-hybridized carbons (Fsp3) is 0.549. The zero-order valence-corrected chi connectivity index (χ0v) is 49.0. The third-order valence-corrected chi connectivity index (χ3v) is 14.7. The molecule has 0 aliphatic carbocycles. The highest BCUT2D eigenvalue weighted by Gasteiger charge is 2.15. The van der Waals surface area contributed by atoms with Gasteiger partial charge in [0.05, 0.1) is 19.6 Å². The molecule has 0 saturated heterocycles. The maximum atomic E-state index is 13.0. The van der Waals surface area contributed by atoms with Crippen LogP contribution in [0, 0.1) is 0 Å². The molecule has 8 nitrogen and oxygen atoms in total. The molecular weight excluding hydrogens is 981 g/mol. The van der Waals surface area contributed by atoms with Gasteiger partial charge in [0.2, 0.25) is 0 Å². The Bertz CT molecular complexity index is 2100. The van der Waals surface area contributed by atoms with Crippen molar-refractivity contribution in [1.29, 1.82) is 0 Å². The summed E-state index contributed by atoms with van der Waals surface area (Å²) in [4.78, 5) is 51.1. The molecule has 0 N–H and O–H groups in total. The van der Waals surface area contributed by atoms with E-state index in [1.165, 1.54) is 266 Å². The van der Waals surface area contributed by atoms with Crippen molar-refractivity contribution in [3.05, 3.63) is 131 Å². The van der Waals surface area contributed by atoms with Crippen molar-refractivity contribution in [2.24, 2.45) is 0 Å². The number of carbonyl (C=O) groups is 4. The Morgan fingerprint density at radius 2 is 0.544 bits per heavy atom. The minimum atomic E-state index is -0.556. The second-order valence-corrected chi connectivity index (χ2v) is 21.7. The fourth-order valence-electron chi connectivity index (χ4n) is 9.78. The lowest BCUT2D eigenvalue weighted by atomic mass is 10.0. The summed E-state index contributed by atoms with van der Waals surface area (Å²) in [6.45, 7) is 5.95. The Morgan fingerprint density at radius 3 is 0.810 bits per heavy atom. The van der Waals surface area contributed by atoms with Crippen LogP contribution in [0.3, 0.4) is 0 Å². The van der Waals surface area contributed by atoms with Crippen LogP contribution < -0.4 is 18.9 Å². The van der Waals surface area contributed by atoms with Gasteiger partial charge in [0.1, 0.15) is 23.0 Å². The summed E-state index contributed by atoms with van der Waals surface area (Å²) >= 11 is 0. The van der Waals surface area contributed by atoms with E-state index in [0.29, 0.717) is 24.3 Å². The molecule has 0 saturated carbocycles. The molecule has 8 heteroatoms. The third-order valence-electron chi connectivity index (χ3n) is 14.7. The monoisotopic (exact) mass is 1080 g/mol. The van der Waals surface area contributed by atoms with Gasteiger partial charge < -0.3 is 18.9 Å². The Labute approximate surface area is 477 Å². The van der Waals surface area contributed by atoms with Crippen molar-refractivity contribution in [1.82, 2.24) is 0 Å². The van der Waals surface area contributed by atoms with Crippen molar-refractivity contribution in [2.45, 2.75) is 239 Å². The van der Waals surface area contributed by atoms with E-state index in [0.717, 1.165) is 35.5 Å². The van der Waals surface area contributed by atoms with E-state index in [2.05, 4.69) is 13.8 Å². The molecule has 0 amide bonds. The number of hydrogen-bond donors (Lipinski definition) is 0. The van der Waals surface area contributed by atoms with Crippen LogP contribution in [0.25, 0.3) is 12.2 Å². The number of carbonyl (C=O) groups excluding carboxylic acids is 4. The van der Waals surface area contributed by atoms with Gasteiger partial charge in [-0.15, -0.1) is 0 Å². The fourth-order valence-corrected chi connectivity index (χ4v) is 9.78. The normalized spacial score (nSPS) is 11.4. The van der Waals surface area contributed by atoms with Gasteiger partial charge >= 0.3 is 11.9 Å². The van der Waals surface area contributed by atoms with Crippen LogP contribution in [0.2, 0.25) is 0 Å². The summed E-state index contributed by atoms with van der Waals surface area (Å²) in [6.07, 6.45) is 51.6. The van der Waals surface area contributed by atoms with Crippen LogP contribution in [0.15, 0.2) is 109 Å². The molecule has 0 bridgehead atoms. The van der Waals surface area contributed by atoms with Gasteiger partial charge in [0.25, 0.3) is 0 Å². The molecule has 0 fully saturated rings. The van der Waals surface area contributed by atoms with E-state index >= 15 is 0 Å². The van der Waals surface area contributed by atoms with Crippen LogP contribution in [-0.2, 0) is 9.59 Å². The standard InChI is InChI=1S/C71H100O8/c1-3-5-7-9-11-13-15-17-19-21-23-25-27-29-31-33-35-57-76-64-47-37-60(38-48-64)41-55-70(74)78-66-51-43-62(44-52-66)68(72)59-69(73)63-45-53-67(54-46-63)79-71(75)56-42-61-39-49-65(50-40-61)77-58-36-34-32-30-28-26-24-22-20-18-16-14-12-10-8-6-4-2/h37-56H,3-36,57-59H2,1-2H3/b55-41+,56-42+. The summed E-state index contributed by atoms with van der Waals surface area (Å²) in [5.74, 6) is 0.309. The molecule has 4 rings (SSSR count). The van der Waals surface area contributed by atoms with Gasteiger partial charge in [0, 0.05) is 23.3 Å². The molecular formula is C71H100O8. The van der Waals surface area contributed by atoms with Crippen molar-refractivity contribution >= 4 is 35.7 Å². The van der Waals surface area contributed by atoms with Crippen LogP contribution >= 0.6 is 0 Å². The van der Waals surface area contributed by atoms with E-state index in [-0.39, 0.29) is 29.5 Å². The van der Waals surface area contributed by atoms with Crippen molar-refractivity contribution in [2.75, 3.05) is 13.2 Å². The van der Waals surface area contributed by atoms with Gasteiger partial charge in [-0.05, 0) is 109 Å². The average Bonchev–Trinajstić information content (AvgIpc) is 3.46. The van der Waals surface area contributed by atoms with Crippen LogP contribution in [-0.4, -0.2) is 36.7 Å². The van der Waals surface area contributed by atoms with Crippen molar-refractivity contribution < 1.29 is 38.1 Å². The summed E-state index contributed by atoms with van der Waals surface area (Å²) < 4.78 is 22.8. The highest BCUT2D eigenvalue weighted by Crippen LogP contribution is 2.21. The first-order valence-electron chi connectivity index (χ1n) is 31.3. The van der Waals surface area contributed by atoms with E-state index in [9.17, 15) is 19.2 Å². The minimum Gasteiger partial charge on any atom is -0.494 e. The SMILES string of the molecule is CCCCCCCCCCCCCCCCCCCOc1ccc(/C=C/C(=O)Oc2ccc(C(=O)CC(=O)c3ccc(OC(=O)/C=C/c4ccc(OCCCCCCCCCCCCCCCCCCC)cc4)cc3)cc2)cc1. The first-order valence-corrected chi connectivity index (χ1v) is 31.3. The molecule has 0 unspecified atom stereocenters. The first kappa shape index (κ1) is 65.8. The zero-order chi connectivity index (χ0) is 56.1. The maximum Gasteiger partial charge on any atom is 0.336 e. The number of Topliss-reactive ketones (excluding diaryl/α,β-unsaturated/α-hetero) is 2. The molecule has 0 spiro atoms. The number of unbranched alkanes of at least 4 members (excludes halogenated alkanes) is 32. The van der Waals surface area contributed by atoms with Gasteiger partial charge in [0.15, 0.2) is 11.6 Å². The summed E-state index contributed by atoms with van der Waals surface area (Å²) in [7, 11) is 0. The highest BCUT2D eigenvalue weighted by atomic mass is 16.5. The van der Waals surface area contributed by atoms with Crippen LogP contribution in [0.5, 0.6) is 23.0 Å². The van der Waals surface area contributed by atoms with Gasteiger partial charge in [-0.2, -0.15) is 0 Å². The van der Waals surface area contributed by atoms with Crippen molar-refractivity contribution in [3.8, 4) is 23.0 Å². The molecule has 0 aliphatic heterocycles. The summed E-state index contributed by atoms with van der Waals surface area (Å²) in [6, 6.07) is 27.5. The molecule has 432 valence electrons. The number of rotatable bonds is 48. The third kappa shape index (κ3) is 32.8. The lowest BCUT2D eigenvalue weighted by Crippen LogP contribution is -2.09. The first-order chi connectivity index (χ1) is 38.8. The summed E-state index contributed by atoms with van der Waals surface area (Å²) in [5.41, 5.74) is 2.31. The second-order valence-electron chi connectivity index (χ2n) is 21.7. The Kier molecular flexibility index (Phi) is 36.7. The van der Waals surface area contributed by atoms with Gasteiger partial charge in [-0.25, -0.2) is 9.59 Å². The molecule has 0 aliphatic rings. The second kappa shape index (κ2) is 44.0. The molecule has 0 aromatic heterocycles. The molecule has 4 aromatic rings. The average molecular weight is 1080 g/mol. The number of ketones is 2. The molecule has 0 atom stereocenters. The Hall–Kier alpha value is -5.76. The predicted molar refractivity (Wildman–Crippen MR) is 328 cm³/mol. The number of hydrogen-bond acceptors (Lipinski definition) is 8. The van der Waals surface area contributed by atoms with E-state index in [4.69, 9.17) is 18.9 Å². The summed E-state index contributed by atoms with van der Waals surface area (Å²) in [5, 5.41) is 0. The minimum absolute atomic E-state index is 0.277. The molecule has 0 radical (unpaired) electrons. The molecule has 0 heterocycles.